The van der Waals surface area contributed by atoms with Crippen molar-refractivity contribution in [1.29, 1.82) is 0 Å². The monoisotopic (exact) mass is 376 g/mol. The fourth-order valence-corrected chi connectivity index (χ4v) is 2.94. The van der Waals surface area contributed by atoms with Crippen LogP contribution < -0.4 is 15.4 Å². The van der Waals surface area contributed by atoms with Crippen LogP contribution in [0.5, 0.6) is 5.75 Å². The maximum absolute atomic E-state index is 12.1. The van der Waals surface area contributed by atoms with Gasteiger partial charge in [-0.2, -0.15) is 0 Å². The standard InChI is InChI=1S/C18H24N4O3S/c1-11-6-7-13(25-5)12(10-11)19-14(23)8-9-15(24)20-17-22-21-16(26-17)18(2,3)4/h6-7,10H,8-9H2,1-5H3,(H,19,23)(H,20,22,24). The highest BCUT2D eigenvalue weighted by Gasteiger charge is 2.20. The number of aromatic nitrogens is 2. The highest BCUT2D eigenvalue weighted by Crippen LogP contribution is 2.28. The van der Waals surface area contributed by atoms with Gasteiger partial charge in [0.1, 0.15) is 10.8 Å². The van der Waals surface area contributed by atoms with Gasteiger partial charge in [-0.15, -0.1) is 10.2 Å². The number of rotatable bonds is 6. The smallest absolute Gasteiger partial charge is 0.226 e. The molecule has 0 aliphatic carbocycles. The van der Waals surface area contributed by atoms with E-state index in [1.54, 1.807) is 13.2 Å². The molecule has 0 saturated heterocycles. The molecule has 0 unspecified atom stereocenters. The Balaban J connectivity index is 1.86. The molecule has 8 heteroatoms. The Kier molecular flexibility index (Phi) is 6.31. The summed E-state index contributed by atoms with van der Waals surface area (Å²) in [5.74, 6) is 0.0571. The summed E-state index contributed by atoms with van der Waals surface area (Å²) in [5, 5.41) is 14.8. The van der Waals surface area contributed by atoms with E-state index in [-0.39, 0.29) is 30.1 Å². The van der Waals surface area contributed by atoms with Gasteiger partial charge < -0.3 is 15.4 Å². The van der Waals surface area contributed by atoms with Gasteiger partial charge in [-0.1, -0.05) is 38.2 Å². The van der Waals surface area contributed by atoms with E-state index < -0.39 is 0 Å². The van der Waals surface area contributed by atoms with Crippen molar-refractivity contribution in [2.45, 2.75) is 46.0 Å². The molecule has 0 spiro atoms. The van der Waals surface area contributed by atoms with Crippen LogP contribution in [0.15, 0.2) is 18.2 Å². The molecule has 140 valence electrons. The maximum atomic E-state index is 12.1. The highest BCUT2D eigenvalue weighted by molar-refractivity contribution is 7.15. The van der Waals surface area contributed by atoms with E-state index in [1.807, 2.05) is 39.8 Å². The number of amides is 2. The van der Waals surface area contributed by atoms with Crippen molar-refractivity contribution in [1.82, 2.24) is 10.2 Å². The van der Waals surface area contributed by atoms with Gasteiger partial charge in [0.15, 0.2) is 0 Å². The zero-order chi connectivity index (χ0) is 19.3. The first-order valence-electron chi connectivity index (χ1n) is 8.27. The van der Waals surface area contributed by atoms with Crippen molar-refractivity contribution >= 4 is 34.0 Å². The van der Waals surface area contributed by atoms with Gasteiger partial charge >= 0.3 is 0 Å². The number of nitrogens with zero attached hydrogens (tertiary/aromatic N) is 2. The van der Waals surface area contributed by atoms with E-state index in [0.717, 1.165) is 10.6 Å². The Labute approximate surface area is 157 Å². The van der Waals surface area contributed by atoms with E-state index >= 15 is 0 Å². The van der Waals surface area contributed by atoms with Crippen LogP contribution in [-0.2, 0) is 15.0 Å². The van der Waals surface area contributed by atoms with E-state index in [4.69, 9.17) is 4.74 Å². The third-order valence-corrected chi connectivity index (χ3v) is 4.79. The van der Waals surface area contributed by atoms with Crippen molar-refractivity contribution in [3.63, 3.8) is 0 Å². The van der Waals surface area contributed by atoms with Crippen molar-refractivity contribution < 1.29 is 14.3 Å². The molecule has 1 heterocycles. The molecular weight excluding hydrogens is 352 g/mol. The average molecular weight is 376 g/mol. The van der Waals surface area contributed by atoms with Crippen LogP contribution in [0, 0.1) is 6.92 Å². The molecular formula is C18H24N4O3S. The zero-order valence-corrected chi connectivity index (χ0v) is 16.5. The number of ether oxygens (including phenoxy) is 1. The zero-order valence-electron chi connectivity index (χ0n) is 15.7. The van der Waals surface area contributed by atoms with Crippen molar-refractivity contribution in [3.8, 4) is 5.75 Å². The van der Waals surface area contributed by atoms with Crippen LogP contribution in [-0.4, -0.2) is 29.1 Å². The first kappa shape index (κ1) is 19.8. The van der Waals surface area contributed by atoms with E-state index in [9.17, 15) is 9.59 Å². The average Bonchev–Trinajstić information content (AvgIpc) is 3.02. The quantitative estimate of drug-likeness (QED) is 0.805. The van der Waals surface area contributed by atoms with Gasteiger partial charge in [-0.05, 0) is 24.6 Å². The lowest BCUT2D eigenvalue weighted by molar-refractivity contribution is -0.121. The molecule has 2 N–H and O–H groups in total. The van der Waals surface area contributed by atoms with Gasteiger partial charge in [-0.3, -0.25) is 9.59 Å². The molecule has 7 nitrogen and oxygen atoms in total. The van der Waals surface area contributed by atoms with Crippen LogP contribution in [0.4, 0.5) is 10.8 Å². The van der Waals surface area contributed by atoms with Crippen LogP contribution in [0.3, 0.4) is 0 Å². The number of benzene rings is 1. The molecule has 0 bridgehead atoms. The number of hydrogen-bond acceptors (Lipinski definition) is 6. The lowest BCUT2D eigenvalue weighted by atomic mass is 9.98. The normalized spacial score (nSPS) is 11.1. The SMILES string of the molecule is COc1ccc(C)cc1NC(=O)CCC(=O)Nc1nnc(C(C)(C)C)s1. The number of methoxy groups -OCH3 is 1. The van der Waals surface area contributed by atoms with Crippen LogP contribution in [0.2, 0.25) is 0 Å². The number of hydrogen-bond donors (Lipinski definition) is 2. The summed E-state index contributed by atoms with van der Waals surface area (Å²) in [6.45, 7) is 8.02. The van der Waals surface area contributed by atoms with Crippen LogP contribution in [0.25, 0.3) is 0 Å². The van der Waals surface area contributed by atoms with Gasteiger partial charge in [0.05, 0.1) is 12.8 Å². The summed E-state index contributed by atoms with van der Waals surface area (Å²) in [4.78, 5) is 24.1. The molecule has 1 aromatic carbocycles. The second kappa shape index (κ2) is 8.27. The fourth-order valence-electron chi connectivity index (χ4n) is 2.12. The molecule has 26 heavy (non-hydrogen) atoms. The first-order chi connectivity index (χ1) is 12.2. The van der Waals surface area contributed by atoms with Crippen molar-refractivity contribution in [2.75, 3.05) is 17.7 Å². The Morgan fingerprint density at radius 3 is 2.35 bits per heavy atom. The number of carbonyl (C=O) groups is 2. The summed E-state index contributed by atoms with van der Waals surface area (Å²) < 4.78 is 5.23. The maximum Gasteiger partial charge on any atom is 0.226 e. The Bertz CT molecular complexity index is 796. The summed E-state index contributed by atoms with van der Waals surface area (Å²) in [7, 11) is 1.54. The van der Waals surface area contributed by atoms with E-state index in [2.05, 4.69) is 20.8 Å². The molecule has 0 saturated carbocycles. The molecule has 0 atom stereocenters. The number of carbonyl (C=O) groups excluding carboxylic acids is 2. The Morgan fingerprint density at radius 2 is 1.77 bits per heavy atom. The van der Waals surface area contributed by atoms with E-state index in [1.165, 1.54) is 11.3 Å². The largest absolute Gasteiger partial charge is 0.495 e. The number of nitrogens with one attached hydrogen (secondary N) is 2. The van der Waals surface area contributed by atoms with E-state index in [0.29, 0.717) is 16.6 Å². The lowest BCUT2D eigenvalue weighted by Gasteiger charge is -2.12. The summed E-state index contributed by atoms with van der Waals surface area (Å²) in [6, 6.07) is 5.52. The minimum Gasteiger partial charge on any atom is -0.495 e. The highest BCUT2D eigenvalue weighted by atomic mass is 32.1. The second-order valence-corrected chi connectivity index (χ2v) is 7.94. The molecule has 2 aromatic rings. The minimum atomic E-state index is -0.270. The molecule has 1 aromatic heterocycles. The summed E-state index contributed by atoms with van der Waals surface area (Å²) in [6.07, 6.45) is 0.123. The predicted octanol–water partition coefficient (Wildman–Crippen LogP) is 3.51. The van der Waals surface area contributed by atoms with Gasteiger partial charge in [-0.25, -0.2) is 0 Å². The van der Waals surface area contributed by atoms with Crippen LogP contribution in [0.1, 0.15) is 44.2 Å². The number of anilines is 2. The summed E-state index contributed by atoms with van der Waals surface area (Å²) in [5.41, 5.74) is 1.48. The molecule has 0 fully saturated rings. The van der Waals surface area contributed by atoms with Crippen molar-refractivity contribution in [3.05, 3.63) is 28.8 Å². The van der Waals surface area contributed by atoms with Crippen molar-refractivity contribution in [2.24, 2.45) is 0 Å². The topological polar surface area (TPSA) is 93.2 Å². The number of aryl methyl sites for hydroxylation is 1. The minimum absolute atomic E-state index is 0.0599. The molecule has 0 radical (unpaired) electrons. The first-order valence-corrected chi connectivity index (χ1v) is 9.09. The second-order valence-electron chi connectivity index (χ2n) is 6.96. The van der Waals surface area contributed by atoms with Gasteiger partial charge in [0, 0.05) is 18.3 Å². The molecule has 2 amide bonds. The Hall–Kier alpha value is -2.48. The van der Waals surface area contributed by atoms with Crippen LogP contribution >= 0.6 is 11.3 Å². The summed E-state index contributed by atoms with van der Waals surface area (Å²) >= 11 is 1.34. The lowest BCUT2D eigenvalue weighted by Crippen LogP contribution is -2.17. The van der Waals surface area contributed by atoms with Gasteiger partial charge in [0.25, 0.3) is 0 Å². The molecule has 0 aliphatic heterocycles. The fraction of sp³-hybridized carbons (Fsp3) is 0.444. The predicted molar refractivity (Wildman–Crippen MR) is 103 cm³/mol. The van der Waals surface area contributed by atoms with Gasteiger partial charge in [0.2, 0.25) is 16.9 Å². The third-order valence-electron chi connectivity index (χ3n) is 3.52. The molecule has 2 rings (SSSR count). The molecule has 0 aliphatic rings. The third kappa shape index (κ3) is 5.52. The Morgan fingerprint density at radius 1 is 1.12 bits per heavy atom.